The number of rotatable bonds is 3. The summed E-state index contributed by atoms with van der Waals surface area (Å²) in [5, 5.41) is 3.93. The van der Waals surface area contributed by atoms with Crippen LogP contribution in [0.4, 0.5) is 5.95 Å². The molecule has 0 radical (unpaired) electrons. The second kappa shape index (κ2) is 5.82. The standard InChI is InChI=1S/C12H10Cl3N3O/c1-6-5-17-12(16-2)18-11(6)19-10-4-8(14)7(13)3-9(10)15/h3-5H,1-2H3,(H,16,17,18). The Labute approximate surface area is 125 Å². The third-order valence-corrected chi connectivity index (χ3v) is 3.35. The fourth-order valence-corrected chi connectivity index (χ4v) is 1.91. The van der Waals surface area contributed by atoms with Crippen molar-refractivity contribution >= 4 is 40.8 Å². The van der Waals surface area contributed by atoms with Gasteiger partial charge in [-0.3, -0.25) is 0 Å². The van der Waals surface area contributed by atoms with Crippen molar-refractivity contribution < 1.29 is 4.74 Å². The molecule has 0 amide bonds. The number of hydrogen-bond donors (Lipinski definition) is 1. The maximum absolute atomic E-state index is 6.05. The Balaban J connectivity index is 2.38. The van der Waals surface area contributed by atoms with Crippen molar-refractivity contribution in [3.63, 3.8) is 0 Å². The summed E-state index contributed by atoms with van der Waals surface area (Å²) in [5.41, 5.74) is 0.779. The van der Waals surface area contributed by atoms with Crippen LogP contribution in [0.25, 0.3) is 0 Å². The van der Waals surface area contributed by atoms with Gasteiger partial charge >= 0.3 is 0 Å². The summed E-state index contributed by atoms with van der Waals surface area (Å²) >= 11 is 17.8. The zero-order chi connectivity index (χ0) is 14.0. The molecule has 0 aliphatic carbocycles. The Kier molecular flexibility index (Phi) is 4.34. The molecule has 0 spiro atoms. The van der Waals surface area contributed by atoms with E-state index >= 15 is 0 Å². The largest absolute Gasteiger partial charge is 0.437 e. The molecule has 1 aromatic heterocycles. The van der Waals surface area contributed by atoms with Crippen LogP contribution in [-0.4, -0.2) is 17.0 Å². The zero-order valence-corrected chi connectivity index (χ0v) is 12.4. The minimum atomic E-state index is 0.360. The number of halogens is 3. The summed E-state index contributed by atoms with van der Waals surface area (Å²) in [4.78, 5) is 8.27. The zero-order valence-electron chi connectivity index (χ0n) is 10.2. The van der Waals surface area contributed by atoms with Gasteiger partial charge in [0.25, 0.3) is 0 Å². The number of nitrogens with zero attached hydrogens (tertiary/aromatic N) is 2. The van der Waals surface area contributed by atoms with Gasteiger partial charge in [-0.1, -0.05) is 34.8 Å². The van der Waals surface area contributed by atoms with E-state index in [1.54, 1.807) is 19.3 Å². The van der Waals surface area contributed by atoms with Gasteiger partial charge in [0.05, 0.1) is 15.1 Å². The van der Waals surface area contributed by atoms with E-state index in [0.717, 1.165) is 5.56 Å². The lowest BCUT2D eigenvalue weighted by atomic mass is 10.3. The Morgan fingerprint density at radius 3 is 2.47 bits per heavy atom. The number of hydrogen-bond acceptors (Lipinski definition) is 4. The van der Waals surface area contributed by atoms with Crippen LogP contribution in [0.5, 0.6) is 11.6 Å². The highest BCUT2D eigenvalue weighted by Gasteiger charge is 2.11. The molecule has 0 unspecified atom stereocenters. The molecule has 1 N–H and O–H groups in total. The quantitative estimate of drug-likeness (QED) is 0.842. The first-order chi connectivity index (χ1) is 9.01. The summed E-state index contributed by atoms with van der Waals surface area (Å²) in [6.45, 7) is 1.83. The number of nitrogens with one attached hydrogen (secondary N) is 1. The van der Waals surface area contributed by atoms with Crippen molar-refractivity contribution in [3.05, 3.63) is 39.0 Å². The van der Waals surface area contributed by atoms with E-state index in [2.05, 4.69) is 15.3 Å². The number of aromatic nitrogens is 2. The average Bonchev–Trinajstić information content (AvgIpc) is 2.38. The predicted octanol–water partition coefficient (Wildman–Crippen LogP) is 4.58. The van der Waals surface area contributed by atoms with E-state index in [1.165, 1.54) is 6.07 Å². The highest BCUT2D eigenvalue weighted by molar-refractivity contribution is 6.43. The molecular weight excluding hydrogens is 309 g/mol. The predicted molar refractivity (Wildman–Crippen MR) is 77.9 cm³/mol. The first-order valence-electron chi connectivity index (χ1n) is 5.35. The molecule has 4 nitrogen and oxygen atoms in total. The Hall–Kier alpha value is -1.23. The van der Waals surface area contributed by atoms with Gasteiger partial charge < -0.3 is 10.1 Å². The summed E-state index contributed by atoms with van der Waals surface area (Å²) in [7, 11) is 1.72. The fourth-order valence-electron chi connectivity index (χ4n) is 1.34. The van der Waals surface area contributed by atoms with E-state index in [4.69, 9.17) is 39.5 Å². The number of aryl methyl sites for hydroxylation is 1. The third kappa shape index (κ3) is 3.21. The van der Waals surface area contributed by atoms with Crippen LogP contribution in [0.15, 0.2) is 18.3 Å². The summed E-state index contributed by atoms with van der Waals surface area (Å²) < 4.78 is 5.65. The molecule has 0 bridgehead atoms. The molecule has 7 heteroatoms. The number of ether oxygens (including phenoxy) is 1. The molecule has 2 aromatic rings. The lowest BCUT2D eigenvalue weighted by molar-refractivity contribution is 0.458. The van der Waals surface area contributed by atoms with Crippen LogP contribution in [0.3, 0.4) is 0 Å². The molecule has 19 heavy (non-hydrogen) atoms. The molecule has 100 valence electrons. The van der Waals surface area contributed by atoms with Crippen molar-refractivity contribution in [2.75, 3.05) is 12.4 Å². The summed E-state index contributed by atoms with van der Waals surface area (Å²) in [6.07, 6.45) is 1.65. The average molecular weight is 319 g/mol. The Morgan fingerprint density at radius 1 is 1.11 bits per heavy atom. The minimum absolute atomic E-state index is 0.360. The van der Waals surface area contributed by atoms with Crippen molar-refractivity contribution in [1.82, 2.24) is 9.97 Å². The van der Waals surface area contributed by atoms with Gasteiger partial charge in [0.15, 0.2) is 0 Å². The molecular formula is C12H10Cl3N3O. The van der Waals surface area contributed by atoms with Crippen LogP contribution >= 0.6 is 34.8 Å². The number of benzene rings is 1. The van der Waals surface area contributed by atoms with E-state index < -0.39 is 0 Å². The summed E-state index contributed by atoms with van der Waals surface area (Å²) in [5.74, 6) is 1.25. The van der Waals surface area contributed by atoms with Crippen molar-refractivity contribution in [2.24, 2.45) is 0 Å². The number of anilines is 1. The highest BCUT2D eigenvalue weighted by atomic mass is 35.5. The topological polar surface area (TPSA) is 47.0 Å². The van der Waals surface area contributed by atoms with Crippen LogP contribution < -0.4 is 10.1 Å². The maximum atomic E-state index is 6.05. The molecule has 0 atom stereocenters. The monoisotopic (exact) mass is 317 g/mol. The van der Waals surface area contributed by atoms with Gasteiger partial charge in [-0.2, -0.15) is 4.98 Å². The second-order valence-electron chi connectivity index (χ2n) is 3.73. The van der Waals surface area contributed by atoms with Gasteiger partial charge in [0, 0.05) is 24.9 Å². The Morgan fingerprint density at radius 2 is 1.79 bits per heavy atom. The maximum Gasteiger partial charge on any atom is 0.227 e. The Bertz CT molecular complexity index is 619. The van der Waals surface area contributed by atoms with Gasteiger partial charge in [-0.05, 0) is 13.0 Å². The smallest absolute Gasteiger partial charge is 0.227 e. The van der Waals surface area contributed by atoms with Crippen LogP contribution in [0, 0.1) is 6.92 Å². The molecule has 1 heterocycles. The lowest BCUT2D eigenvalue weighted by Gasteiger charge is -2.10. The van der Waals surface area contributed by atoms with E-state index in [0.29, 0.717) is 32.6 Å². The van der Waals surface area contributed by atoms with E-state index in [-0.39, 0.29) is 0 Å². The van der Waals surface area contributed by atoms with Crippen molar-refractivity contribution in [1.29, 1.82) is 0 Å². The highest BCUT2D eigenvalue weighted by Crippen LogP contribution is 2.36. The first-order valence-corrected chi connectivity index (χ1v) is 6.48. The first kappa shape index (κ1) is 14.2. The molecule has 0 aliphatic heterocycles. The normalized spacial score (nSPS) is 10.4. The lowest BCUT2D eigenvalue weighted by Crippen LogP contribution is -2.00. The molecule has 2 rings (SSSR count). The molecule has 0 fully saturated rings. The molecule has 1 aromatic carbocycles. The van der Waals surface area contributed by atoms with Gasteiger partial charge in [0.2, 0.25) is 11.8 Å². The van der Waals surface area contributed by atoms with Crippen LogP contribution in [0.2, 0.25) is 15.1 Å². The van der Waals surface area contributed by atoms with Crippen molar-refractivity contribution in [3.8, 4) is 11.6 Å². The van der Waals surface area contributed by atoms with Gasteiger partial charge in [0.1, 0.15) is 5.75 Å². The van der Waals surface area contributed by atoms with E-state index in [1.807, 2.05) is 6.92 Å². The van der Waals surface area contributed by atoms with Crippen LogP contribution in [0.1, 0.15) is 5.56 Å². The molecule has 0 saturated carbocycles. The van der Waals surface area contributed by atoms with Crippen molar-refractivity contribution in [2.45, 2.75) is 6.92 Å². The second-order valence-corrected chi connectivity index (χ2v) is 4.95. The summed E-state index contributed by atoms with van der Waals surface area (Å²) in [6, 6.07) is 3.07. The fraction of sp³-hybridized carbons (Fsp3) is 0.167. The SMILES string of the molecule is CNc1ncc(C)c(Oc2cc(Cl)c(Cl)cc2Cl)n1. The minimum Gasteiger partial charge on any atom is -0.437 e. The molecule has 0 saturated heterocycles. The third-order valence-electron chi connectivity index (χ3n) is 2.33. The van der Waals surface area contributed by atoms with E-state index in [9.17, 15) is 0 Å². The van der Waals surface area contributed by atoms with Gasteiger partial charge in [-0.15, -0.1) is 0 Å². The van der Waals surface area contributed by atoms with Crippen LogP contribution in [-0.2, 0) is 0 Å². The molecule has 0 aliphatic rings. The van der Waals surface area contributed by atoms with Gasteiger partial charge in [-0.25, -0.2) is 4.98 Å².